The maximum absolute atomic E-state index is 12.7. The van der Waals surface area contributed by atoms with E-state index < -0.39 is 12.1 Å². The number of likely N-dealkylation sites (tertiary alicyclic amines) is 1. The summed E-state index contributed by atoms with van der Waals surface area (Å²) in [4.78, 5) is 17.7. The van der Waals surface area contributed by atoms with Gasteiger partial charge >= 0.3 is 6.18 Å². The van der Waals surface area contributed by atoms with Gasteiger partial charge in [0.15, 0.2) is 0 Å². The SMILES string of the molecule is O=C(c1ccccn1)N1C2CC1CC(C(F)(F)F)C2. The fourth-order valence-corrected chi connectivity index (χ4v) is 3.09. The van der Waals surface area contributed by atoms with E-state index in [0.29, 0.717) is 12.1 Å². The molecule has 3 nitrogen and oxygen atoms in total. The summed E-state index contributed by atoms with van der Waals surface area (Å²) in [5, 5.41) is 0. The Balaban J connectivity index is 1.72. The van der Waals surface area contributed by atoms with Crippen molar-refractivity contribution in [1.82, 2.24) is 9.88 Å². The lowest BCUT2D eigenvalue weighted by Gasteiger charge is -2.55. The van der Waals surface area contributed by atoms with Crippen LogP contribution < -0.4 is 0 Å². The van der Waals surface area contributed by atoms with Crippen LogP contribution in [0.4, 0.5) is 13.2 Å². The summed E-state index contributed by atoms with van der Waals surface area (Å²) in [7, 11) is 0. The van der Waals surface area contributed by atoms with Crippen LogP contribution >= 0.6 is 0 Å². The average molecular weight is 270 g/mol. The number of hydrogen-bond acceptors (Lipinski definition) is 2. The van der Waals surface area contributed by atoms with Gasteiger partial charge in [0.25, 0.3) is 5.91 Å². The number of fused-ring (bicyclic) bond motifs is 2. The molecule has 0 radical (unpaired) electrons. The maximum Gasteiger partial charge on any atom is 0.391 e. The van der Waals surface area contributed by atoms with Gasteiger partial charge in [0, 0.05) is 18.3 Å². The minimum Gasteiger partial charge on any atom is -0.331 e. The highest BCUT2D eigenvalue weighted by atomic mass is 19.4. The van der Waals surface area contributed by atoms with Gasteiger partial charge < -0.3 is 4.90 Å². The zero-order valence-electron chi connectivity index (χ0n) is 10.1. The van der Waals surface area contributed by atoms with Gasteiger partial charge in [-0.3, -0.25) is 9.78 Å². The molecule has 2 heterocycles. The van der Waals surface area contributed by atoms with Crippen LogP contribution in [-0.2, 0) is 0 Å². The predicted octanol–water partition coefficient (Wildman–Crippen LogP) is 2.64. The van der Waals surface area contributed by atoms with Gasteiger partial charge in [-0.25, -0.2) is 0 Å². The number of carbonyl (C=O) groups is 1. The summed E-state index contributed by atoms with van der Waals surface area (Å²) in [5.41, 5.74) is 0.308. The van der Waals surface area contributed by atoms with Crippen molar-refractivity contribution in [2.75, 3.05) is 0 Å². The van der Waals surface area contributed by atoms with Crippen LogP contribution in [0.3, 0.4) is 0 Å². The van der Waals surface area contributed by atoms with Crippen molar-refractivity contribution < 1.29 is 18.0 Å². The Morgan fingerprint density at radius 1 is 1.21 bits per heavy atom. The third kappa shape index (κ3) is 2.09. The molecular formula is C13H13F3N2O. The Labute approximate surface area is 108 Å². The van der Waals surface area contributed by atoms with Crippen molar-refractivity contribution >= 4 is 5.91 Å². The van der Waals surface area contributed by atoms with Crippen LogP contribution in [0.1, 0.15) is 29.8 Å². The van der Waals surface area contributed by atoms with Gasteiger partial charge in [0.2, 0.25) is 0 Å². The Morgan fingerprint density at radius 2 is 1.89 bits per heavy atom. The molecule has 102 valence electrons. The fourth-order valence-electron chi connectivity index (χ4n) is 3.09. The lowest BCUT2D eigenvalue weighted by Crippen LogP contribution is -2.64. The Morgan fingerprint density at radius 3 is 2.42 bits per heavy atom. The number of amides is 1. The van der Waals surface area contributed by atoms with E-state index in [2.05, 4.69) is 4.98 Å². The van der Waals surface area contributed by atoms with Gasteiger partial charge in [-0.05, 0) is 31.4 Å². The number of aromatic nitrogens is 1. The lowest BCUT2D eigenvalue weighted by molar-refractivity contribution is -0.206. The number of alkyl halides is 3. The minimum absolute atomic E-state index is 0.0264. The summed E-state index contributed by atoms with van der Waals surface area (Å²) < 4.78 is 38.0. The minimum atomic E-state index is -4.14. The molecule has 0 aromatic carbocycles. The van der Waals surface area contributed by atoms with Crippen LogP contribution in [0.2, 0.25) is 0 Å². The van der Waals surface area contributed by atoms with E-state index in [-0.39, 0.29) is 30.8 Å². The topological polar surface area (TPSA) is 33.2 Å². The largest absolute Gasteiger partial charge is 0.391 e. The molecule has 1 aliphatic carbocycles. The zero-order valence-corrected chi connectivity index (χ0v) is 10.1. The highest BCUT2D eigenvalue weighted by Gasteiger charge is 2.54. The van der Waals surface area contributed by atoms with Crippen molar-refractivity contribution in [3.05, 3.63) is 30.1 Å². The molecule has 2 aliphatic rings. The van der Waals surface area contributed by atoms with Gasteiger partial charge in [-0.1, -0.05) is 6.07 Å². The van der Waals surface area contributed by atoms with E-state index in [9.17, 15) is 18.0 Å². The molecule has 1 aromatic rings. The van der Waals surface area contributed by atoms with E-state index >= 15 is 0 Å². The molecule has 2 bridgehead atoms. The second-order valence-corrected chi connectivity index (χ2v) is 5.18. The van der Waals surface area contributed by atoms with E-state index in [0.717, 1.165) is 0 Å². The molecule has 1 saturated carbocycles. The highest BCUT2D eigenvalue weighted by molar-refractivity contribution is 5.93. The van der Waals surface area contributed by atoms with E-state index in [1.54, 1.807) is 23.1 Å². The molecule has 1 aliphatic heterocycles. The summed E-state index contributed by atoms with van der Waals surface area (Å²) in [6.07, 6.45) is -1.89. The highest BCUT2D eigenvalue weighted by Crippen LogP contribution is 2.47. The number of hydrogen-bond donors (Lipinski definition) is 0. The average Bonchev–Trinajstić information content (AvgIpc) is 2.38. The molecule has 1 saturated heterocycles. The second kappa shape index (κ2) is 4.21. The quantitative estimate of drug-likeness (QED) is 0.786. The van der Waals surface area contributed by atoms with Gasteiger partial charge in [-0.15, -0.1) is 0 Å². The Kier molecular flexibility index (Phi) is 2.76. The number of carbonyl (C=O) groups excluding carboxylic acids is 1. The monoisotopic (exact) mass is 270 g/mol. The first kappa shape index (κ1) is 12.4. The van der Waals surface area contributed by atoms with Crippen LogP contribution in [0, 0.1) is 5.92 Å². The molecule has 3 rings (SSSR count). The van der Waals surface area contributed by atoms with Crippen molar-refractivity contribution in [3.63, 3.8) is 0 Å². The molecular weight excluding hydrogens is 257 g/mol. The zero-order chi connectivity index (χ0) is 13.6. The number of rotatable bonds is 1. The van der Waals surface area contributed by atoms with Crippen LogP contribution in [-0.4, -0.2) is 34.1 Å². The molecule has 1 aromatic heterocycles. The Bertz CT molecular complexity index is 476. The second-order valence-electron chi connectivity index (χ2n) is 5.18. The molecule has 19 heavy (non-hydrogen) atoms. The summed E-state index contributed by atoms with van der Waals surface area (Å²) in [5.74, 6) is -1.51. The number of pyridine rings is 1. The lowest BCUT2D eigenvalue weighted by atomic mass is 9.73. The first-order chi connectivity index (χ1) is 8.97. The smallest absolute Gasteiger partial charge is 0.331 e. The maximum atomic E-state index is 12.7. The van der Waals surface area contributed by atoms with Crippen LogP contribution in [0.5, 0.6) is 0 Å². The van der Waals surface area contributed by atoms with E-state index in [1.807, 2.05) is 0 Å². The van der Waals surface area contributed by atoms with Gasteiger partial charge in [0.05, 0.1) is 5.92 Å². The fraction of sp³-hybridized carbons (Fsp3) is 0.538. The van der Waals surface area contributed by atoms with E-state index in [1.165, 1.54) is 6.20 Å². The third-order valence-corrected chi connectivity index (χ3v) is 4.03. The molecule has 6 heteroatoms. The molecule has 2 unspecified atom stereocenters. The van der Waals surface area contributed by atoms with Crippen molar-refractivity contribution in [2.24, 2.45) is 5.92 Å². The molecule has 0 N–H and O–H groups in total. The summed E-state index contributed by atoms with van der Waals surface area (Å²) in [6.45, 7) is 0. The van der Waals surface area contributed by atoms with Crippen LogP contribution in [0.25, 0.3) is 0 Å². The summed E-state index contributed by atoms with van der Waals surface area (Å²) >= 11 is 0. The van der Waals surface area contributed by atoms with Crippen molar-refractivity contribution in [1.29, 1.82) is 0 Å². The number of halogens is 3. The molecule has 1 amide bonds. The molecule has 2 atom stereocenters. The predicted molar refractivity (Wildman–Crippen MR) is 61.4 cm³/mol. The Hall–Kier alpha value is -1.59. The van der Waals surface area contributed by atoms with Crippen LogP contribution in [0.15, 0.2) is 24.4 Å². The first-order valence-corrected chi connectivity index (χ1v) is 6.27. The number of nitrogens with zero attached hydrogens (tertiary/aromatic N) is 2. The molecule has 0 spiro atoms. The summed E-state index contributed by atoms with van der Waals surface area (Å²) in [6, 6.07) is 4.44. The van der Waals surface area contributed by atoms with Gasteiger partial charge in [0.1, 0.15) is 5.69 Å². The van der Waals surface area contributed by atoms with E-state index in [4.69, 9.17) is 0 Å². The van der Waals surface area contributed by atoms with Gasteiger partial charge in [-0.2, -0.15) is 13.2 Å². The standard InChI is InChI=1S/C13H13F3N2O/c14-13(15,16)8-5-9-7-10(6-8)18(9)12(19)11-3-1-2-4-17-11/h1-4,8-10H,5-7H2. The van der Waals surface area contributed by atoms with Crippen molar-refractivity contribution in [3.8, 4) is 0 Å². The third-order valence-electron chi connectivity index (χ3n) is 4.03. The van der Waals surface area contributed by atoms with Crippen molar-refractivity contribution in [2.45, 2.75) is 37.5 Å². The number of piperidine rings is 1. The first-order valence-electron chi connectivity index (χ1n) is 6.27. The molecule has 2 fully saturated rings. The normalized spacial score (nSPS) is 29.8.